The van der Waals surface area contributed by atoms with Gasteiger partial charge >= 0.3 is 0 Å². The molecule has 0 unspecified atom stereocenters. The van der Waals surface area contributed by atoms with Gasteiger partial charge < -0.3 is 10.1 Å². The van der Waals surface area contributed by atoms with Gasteiger partial charge in [-0.3, -0.25) is 4.98 Å². The zero-order valence-corrected chi connectivity index (χ0v) is 9.40. The Kier molecular flexibility index (Phi) is 3.05. The summed E-state index contributed by atoms with van der Waals surface area (Å²) in [4.78, 5) is 4.39. The van der Waals surface area contributed by atoms with Crippen molar-refractivity contribution in [2.75, 3.05) is 19.5 Å². The predicted molar refractivity (Wildman–Crippen MR) is 65.8 cm³/mol. The molecule has 0 aliphatic heterocycles. The van der Waals surface area contributed by atoms with Gasteiger partial charge in [-0.25, -0.2) is 0 Å². The Morgan fingerprint density at radius 2 is 1.94 bits per heavy atom. The van der Waals surface area contributed by atoms with Crippen LogP contribution in [-0.4, -0.2) is 19.1 Å². The largest absolute Gasteiger partial charge is 0.496 e. The van der Waals surface area contributed by atoms with Gasteiger partial charge in [0.1, 0.15) is 5.75 Å². The highest BCUT2D eigenvalue weighted by molar-refractivity contribution is 5.67. The van der Waals surface area contributed by atoms with Crippen LogP contribution in [0.5, 0.6) is 5.75 Å². The van der Waals surface area contributed by atoms with Gasteiger partial charge in [-0.05, 0) is 24.3 Å². The van der Waals surface area contributed by atoms with E-state index in [1.807, 2.05) is 49.6 Å². The highest BCUT2D eigenvalue weighted by atomic mass is 16.5. The van der Waals surface area contributed by atoms with Crippen molar-refractivity contribution in [3.05, 3.63) is 42.6 Å². The first-order chi connectivity index (χ1) is 7.85. The molecular formula is C13H14N2O. The molecule has 0 atom stereocenters. The maximum absolute atomic E-state index is 5.30. The maximum atomic E-state index is 5.30. The number of pyridine rings is 1. The molecule has 0 fully saturated rings. The van der Waals surface area contributed by atoms with E-state index in [0.29, 0.717) is 0 Å². The van der Waals surface area contributed by atoms with Gasteiger partial charge in [-0.2, -0.15) is 0 Å². The van der Waals surface area contributed by atoms with Gasteiger partial charge in [0.25, 0.3) is 0 Å². The minimum atomic E-state index is 0.840. The molecule has 82 valence electrons. The predicted octanol–water partition coefficient (Wildman–Crippen LogP) is 2.80. The maximum Gasteiger partial charge on any atom is 0.128 e. The lowest BCUT2D eigenvalue weighted by molar-refractivity contribution is 0.416. The molecule has 3 heteroatoms. The van der Waals surface area contributed by atoms with Crippen LogP contribution >= 0.6 is 0 Å². The summed E-state index contributed by atoms with van der Waals surface area (Å²) >= 11 is 0. The van der Waals surface area contributed by atoms with E-state index in [0.717, 1.165) is 22.7 Å². The number of ether oxygens (including phenoxy) is 1. The average Bonchev–Trinajstić information content (AvgIpc) is 2.39. The van der Waals surface area contributed by atoms with Crippen LogP contribution in [0.15, 0.2) is 42.6 Å². The second-order valence-electron chi connectivity index (χ2n) is 3.38. The molecule has 1 aromatic heterocycles. The smallest absolute Gasteiger partial charge is 0.128 e. The van der Waals surface area contributed by atoms with E-state index in [2.05, 4.69) is 10.3 Å². The first-order valence-corrected chi connectivity index (χ1v) is 5.12. The van der Waals surface area contributed by atoms with Gasteiger partial charge in [-0.15, -0.1) is 0 Å². The fourth-order valence-corrected chi connectivity index (χ4v) is 1.56. The monoisotopic (exact) mass is 214 g/mol. The highest BCUT2D eigenvalue weighted by Gasteiger charge is 2.05. The number of methoxy groups -OCH3 is 1. The van der Waals surface area contributed by atoms with Crippen molar-refractivity contribution in [3.63, 3.8) is 0 Å². The molecule has 1 heterocycles. The summed E-state index contributed by atoms with van der Waals surface area (Å²) in [5.41, 5.74) is 2.92. The van der Waals surface area contributed by atoms with E-state index < -0.39 is 0 Å². The second-order valence-corrected chi connectivity index (χ2v) is 3.38. The summed E-state index contributed by atoms with van der Waals surface area (Å²) in [5.74, 6) is 0.840. The average molecular weight is 214 g/mol. The highest BCUT2D eigenvalue weighted by Crippen LogP contribution is 2.28. The number of benzene rings is 1. The molecule has 1 N–H and O–H groups in total. The summed E-state index contributed by atoms with van der Waals surface area (Å²) in [6.07, 6.45) is 1.81. The number of nitrogens with one attached hydrogen (secondary N) is 1. The Morgan fingerprint density at radius 1 is 1.12 bits per heavy atom. The lowest BCUT2D eigenvalue weighted by Crippen LogP contribution is -1.92. The molecule has 3 nitrogen and oxygen atoms in total. The number of anilines is 1. The van der Waals surface area contributed by atoms with Crippen molar-refractivity contribution < 1.29 is 4.74 Å². The van der Waals surface area contributed by atoms with Crippen LogP contribution in [0.1, 0.15) is 0 Å². The number of hydrogen-bond acceptors (Lipinski definition) is 3. The minimum Gasteiger partial charge on any atom is -0.496 e. The van der Waals surface area contributed by atoms with E-state index in [4.69, 9.17) is 4.74 Å². The first kappa shape index (κ1) is 10.5. The van der Waals surface area contributed by atoms with Crippen LogP contribution in [0.25, 0.3) is 11.3 Å². The van der Waals surface area contributed by atoms with Gasteiger partial charge in [0.2, 0.25) is 0 Å². The third kappa shape index (κ3) is 1.98. The topological polar surface area (TPSA) is 34.1 Å². The van der Waals surface area contributed by atoms with Crippen LogP contribution in [0.3, 0.4) is 0 Å². The van der Waals surface area contributed by atoms with Crippen LogP contribution in [0.2, 0.25) is 0 Å². The molecule has 0 aliphatic rings. The van der Waals surface area contributed by atoms with Crippen molar-refractivity contribution in [2.24, 2.45) is 0 Å². The number of hydrogen-bond donors (Lipinski definition) is 1. The molecule has 2 aromatic rings. The van der Waals surface area contributed by atoms with Gasteiger partial charge in [0.15, 0.2) is 0 Å². The third-order valence-corrected chi connectivity index (χ3v) is 2.44. The van der Waals surface area contributed by atoms with E-state index in [1.54, 1.807) is 7.11 Å². The SMILES string of the molecule is CNc1ccc(-c2ccccc2OC)nc1. The zero-order chi connectivity index (χ0) is 11.4. The number of aromatic nitrogens is 1. The summed E-state index contributed by atoms with van der Waals surface area (Å²) < 4.78 is 5.30. The molecule has 0 bridgehead atoms. The molecule has 0 aliphatic carbocycles. The van der Waals surface area contributed by atoms with Gasteiger partial charge in [0.05, 0.1) is 24.7 Å². The van der Waals surface area contributed by atoms with Crippen LogP contribution in [0, 0.1) is 0 Å². The van der Waals surface area contributed by atoms with E-state index in [1.165, 1.54) is 0 Å². The van der Waals surface area contributed by atoms with Crippen molar-refractivity contribution in [2.45, 2.75) is 0 Å². The fourth-order valence-electron chi connectivity index (χ4n) is 1.56. The van der Waals surface area contributed by atoms with Crippen molar-refractivity contribution in [1.29, 1.82) is 0 Å². The minimum absolute atomic E-state index is 0.840. The van der Waals surface area contributed by atoms with Crippen LogP contribution < -0.4 is 10.1 Å². The summed E-state index contributed by atoms with van der Waals surface area (Å²) in [6, 6.07) is 11.8. The van der Waals surface area contributed by atoms with Gasteiger partial charge in [-0.1, -0.05) is 12.1 Å². The van der Waals surface area contributed by atoms with Gasteiger partial charge in [0, 0.05) is 12.6 Å². The Hall–Kier alpha value is -2.03. The molecule has 1 aromatic carbocycles. The Morgan fingerprint density at radius 3 is 2.56 bits per heavy atom. The van der Waals surface area contributed by atoms with Crippen LogP contribution in [-0.2, 0) is 0 Å². The van der Waals surface area contributed by atoms with E-state index >= 15 is 0 Å². The quantitative estimate of drug-likeness (QED) is 0.853. The summed E-state index contributed by atoms with van der Waals surface area (Å²) in [6.45, 7) is 0. The fraction of sp³-hybridized carbons (Fsp3) is 0.154. The lowest BCUT2D eigenvalue weighted by Gasteiger charge is -2.07. The lowest BCUT2D eigenvalue weighted by atomic mass is 10.1. The van der Waals surface area contributed by atoms with E-state index in [-0.39, 0.29) is 0 Å². The number of nitrogens with zero attached hydrogens (tertiary/aromatic N) is 1. The Bertz CT molecular complexity index is 466. The zero-order valence-electron chi connectivity index (χ0n) is 9.40. The van der Waals surface area contributed by atoms with E-state index in [9.17, 15) is 0 Å². The standard InChI is InChI=1S/C13H14N2O/c1-14-10-7-8-12(15-9-10)11-5-3-4-6-13(11)16-2/h3-9,14H,1-2H3. The molecule has 0 radical (unpaired) electrons. The summed E-state index contributed by atoms with van der Waals surface area (Å²) in [5, 5.41) is 3.04. The number of rotatable bonds is 3. The van der Waals surface area contributed by atoms with Crippen molar-refractivity contribution in [3.8, 4) is 17.0 Å². The molecule has 0 saturated heterocycles. The second kappa shape index (κ2) is 4.66. The number of para-hydroxylation sites is 1. The van der Waals surface area contributed by atoms with Crippen molar-refractivity contribution in [1.82, 2.24) is 4.98 Å². The Balaban J connectivity index is 2.42. The normalized spacial score (nSPS) is 9.88. The molecule has 16 heavy (non-hydrogen) atoms. The third-order valence-electron chi connectivity index (χ3n) is 2.44. The first-order valence-electron chi connectivity index (χ1n) is 5.12. The van der Waals surface area contributed by atoms with Crippen molar-refractivity contribution >= 4 is 5.69 Å². The molecule has 0 amide bonds. The molecule has 0 saturated carbocycles. The summed E-state index contributed by atoms with van der Waals surface area (Å²) in [7, 11) is 3.54. The molecule has 2 rings (SSSR count). The molecular weight excluding hydrogens is 200 g/mol. The molecule has 0 spiro atoms. The van der Waals surface area contributed by atoms with Crippen LogP contribution in [0.4, 0.5) is 5.69 Å². The Labute approximate surface area is 95.1 Å².